The summed E-state index contributed by atoms with van der Waals surface area (Å²) < 4.78 is 0. The summed E-state index contributed by atoms with van der Waals surface area (Å²) in [5, 5.41) is 1.20. The lowest BCUT2D eigenvalue weighted by atomic mass is 9.92. The van der Waals surface area contributed by atoms with Crippen molar-refractivity contribution in [3.63, 3.8) is 0 Å². The van der Waals surface area contributed by atoms with Gasteiger partial charge >= 0.3 is 0 Å². The quantitative estimate of drug-likeness (QED) is 0.592. The number of piperidine rings is 1. The minimum absolute atomic E-state index is 0.484. The average molecular weight is 396 g/mol. The Labute approximate surface area is 176 Å². The van der Waals surface area contributed by atoms with Crippen LogP contribution in [0.15, 0.2) is 36.4 Å². The van der Waals surface area contributed by atoms with Crippen molar-refractivity contribution in [3.8, 4) is 0 Å². The van der Waals surface area contributed by atoms with Crippen LogP contribution in [0.25, 0.3) is 10.9 Å². The highest BCUT2D eigenvalue weighted by Crippen LogP contribution is 2.27. The fraction of sp³-hybridized carbons (Fsp3) is 0.600. The molecule has 1 saturated heterocycles. The average Bonchev–Trinajstić information content (AvgIpc) is 2.81. The fourth-order valence-electron chi connectivity index (χ4n) is 4.81. The molecule has 4 rings (SSSR count). The van der Waals surface area contributed by atoms with E-state index < -0.39 is 0 Å². The number of hydrogen-bond donors (Lipinski definition) is 0. The van der Waals surface area contributed by atoms with Gasteiger partial charge in [-0.25, -0.2) is 4.98 Å². The van der Waals surface area contributed by atoms with E-state index in [9.17, 15) is 4.79 Å². The van der Waals surface area contributed by atoms with Crippen molar-refractivity contribution in [1.29, 1.82) is 0 Å². The van der Waals surface area contributed by atoms with Gasteiger partial charge in [-0.2, -0.15) is 0 Å². The van der Waals surface area contributed by atoms with E-state index in [0.29, 0.717) is 12.0 Å². The highest BCUT2D eigenvalue weighted by molar-refractivity contribution is 5.80. The molecule has 1 aliphatic heterocycles. The molecule has 1 saturated carbocycles. The van der Waals surface area contributed by atoms with E-state index in [0.717, 1.165) is 43.8 Å². The molecule has 1 atom stereocenters. The van der Waals surface area contributed by atoms with E-state index >= 15 is 0 Å². The van der Waals surface area contributed by atoms with Gasteiger partial charge in [0.25, 0.3) is 0 Å². The predicted octanol–water partition coefficient (Wildman–Crippen LogP) is 5.66. The van der Waals surface area contributed by atoms with E-state index in [1.165, 1.54) is 50.3 Å². The minimum Gasteiger partial charge on any atom is -0.356 e. The summed E-state index contributed by atoms with van der Waals surface area (Å²) in [4.78, 5) is 21.0. The monoisotopic (exact) mass is 395 g/mol. The Morgan fingerprint density at radius 2 is 1.83 bits per heavy atom. The summed E-state index contributed by atoms with van der Waals surface area (Å²) in [6.45, 7) is 7.06. The van der Waals surface area contributed by atoms with Crippen molar-refractivity contribution in [3.05, 3.63) is 36.4 Å². The van der Waals surface area contributed by atoms with Gasteiger partial charge in [-0.3, -0.25) is 4.79 Å². The summed E-state index contributed by atoms with van der Waals surface area (Å²) in [5.74, 6) is 1.75. The van der Waals surface area contributed by atoms with Crippen molar-refractivity contribution in [1.82, 2.24) is 9.88 Å². The zero-order valence-corrected chi connectivity index (χ0v) is 18.2. The maximum atomic E-state index is 11.6. The molecule has 2 heterocycles. The first-order valence-corrected chi connectivity index (χ1v) is 11.7. The number of amides is 1. The van der Waals surface area contributed by atoms with Crippen LogP contribution < -0.4 is 4.90 Å². The van der Waals surface area contributed by atoms with Gasteiger partial charge in [0.2, 0.25) is 6.41 Å². The zero-order valence-electron chi connectivity index (χ0n) is 18.2. The van der Waals surface area contributed by atoms with Gasteiger partial charge < -0.3 is 9.80 Å². The Bertz CT molecular complexity index is 757. The second kappa shape index (κ2) is 11.2. The molecular weight excluding hydrogens is 358 g/mol. The van der Waals surface area contributed by atoms with E-state index in [2.05, 4.69) is 46.2 Å². The molecule has 29 heavy (non-hydrogen) atoms. The maximum absolute atomic E-state index is 11.6. The van der Waals surface area contributed by atoms with Crippen LogP contribution >= 0.6 is 0 Å². The molecule has 0 spiro atoms. The molecule has 1 aromatic heterocycles. The number of carbonyl (C=O) groups is 1. The van der Waals surface area contributed by atoms with Gasteiger partial charge in [0, 0.05) is 31.1 Å². The van der Waals surface area contributed by atoms with Gasteiger partial charge in [-0.15, -0.1) is 0 Å². The van der Waals surface area contributed by atoms with Crippen LogP contribution in [0.1, 0.15) is 65.2 Å². The number of aromatic nitrogens is 1. The Balaban J connectivity index is 0.00000117. The Morgan fingerprint density at radius 3 is 2.62 bits per heavy atom. The zero-order chi connectivity index (χ0) is 20.5. The first kappa shape index (κ1) is 21.6. The fourth-order valence-corrected chi connectivity index (χ4v) is 4.81. The molecular formula is C25H37N3O. The molecule has 158 valence electrons. The van der Waals surface area contributed by atoms with Gasteiger partial charge in [-0.05, 0) is 56.2 Å². The van der Waals surface area contributed by atoms with Crippen LogP contribution in [0.2, 0.25) is 0 Å². The minimum atomic E-state index is 0.484. The molecule has 0 bridgehead atoms. The molecule has 2 fully saturated rings. The van der Waals surface area contributed by atoms with Gasteiger partial charge in [0.1, 0.15) is 5.82 Å². The lowest BCUT2D eigenvalue weighted by Crippen LogP contribution is -2.40. The SMILES string of the molecule is CC.O=CN(CCC1CCCN(c2ccc3ccccc3n2)C1)C1CCCCC1. The number of para-hydroxylation sites is 1. The van der Waals surface area contributed by atoms with Crippen molar-refractivity contribution >= 4 is 23.1 Å². The second-order valence-electron chi connectivity index (χ2n) is 8.24. The molecule has 1 aliphatic carbocycles. The van der Waals surface area contributed by atoms with Crippen LogP contribution in [-0.2, 0) is 4.79 Å². The van der Waals surface area contributed by atoms with Crippen LogP contribution in [0.4, 0.5) is 5.82 Å². The first-order chi connectivity index (χ1) is 14.3. The highest BCUT2D eigenvalue weighted by Gasteiger charge is 2.24. The molecule has 0 N–H and O–H groups in total. The number of benzene rings is 1. The number of pyridine rings is 1. The summed E-state index contributed by atoms with van der Waals surface area (Å²) in [6, 6.07) is 13.1. The smallest absolute Gasteiger partial charge is 0.209 e. The standard InChI is InChI=1S/C23H31N3O.C2H6/c27-18-26(21-9-2-1-3-10-21)16-14-19-7-6-15-25(17-19)23-13-12-20-8-4-5-11-22(20)24-23;1-2/h4-5,8,11-13,18-19,21H,1-3,6-7,9-10,14-17H2;1-2H3. The van der Waals surface area contributed by atoms with Gasteiger partial charge in [-0.1, -0.05) is 51.3 Å². The van der Waals surface area contributed by atoms with E-state index in [1.54, 1.807) is 0 Å². The number of nitrogens with zero attached hydrogens (tertiary/aromatic N) is 3. The molecule has 2 aromatic rings. The largest absolute Gasteiger partial charge is 0.356 e. The second-order valence-corrected chi connectivity index (χ2v) is 8.24. The maximum Gasteiger partial charge on any atom is 0.209 e. The molecule has 2 aliphatic rings. The van der Waals surface area contributed by atoms with Crippen molar-refractivity contribution < 1.29 is 4.79 Å². The molecule has 1 amide bonds. The summed E-state index contributed by atoms with van der Waals surface area (Å²) >= 11 is 0. The van der Waals surface area contributed by atoms with Gasteiger partial charge in [0.15, 0.2) is 0 Å². The highest BCUT2D eigenvalue weighted by atomic mass is 16.1. The normalized spacial score (nSPS) is 20.1. The van der Waals surface area contributed by atoms with Crippen LogP contribution in [0.5, 0.6) is 0 Å². The third-order valence-electron chi connectivity index (χ3n) is 6.40. The van der Waals surface area contributed by atoms with Crippen LogP contribution in [0, 0.1) is 5.92 Å². The summed E-state index contributed by atoms with van der Waals surface area (Å²) in [5.41, 5.74) is 1.07. The topological polar surface area (TPSA) is 36.4 Å². The molecule has 1 aromatic carbocycles. The molecule has 4 heteroatoms. The summed E-state index contributed by atoms with van der Waals surface area (Å²) in [7, 11) is 0. The van der Waals surface area contributed by atoms with Crippen molar-refractivity contribution in [2.75, 3.05) is 24.5 Å². The van der Waals surface area contributed by atoms with Crippen LogP contribution in [0.3, 0.4) is 0 Å². The Kier molecular flexibility index (Phi) is 8.33. The summed E-state index contributed by atoms with van der Waals surface area (Å²) in [6.07, 6.45) is 11.0. The Morgan fingerprint density at radius 1 is 1.03 bits per heavy atom. The molecule has 4 nitrogen and oxygen atoms in total. The number of anilines is 1. The third kappa shape index (κ3) is 5.71. The van der Waals surface area contributed by atoms with E-state index in [-0.39, 0.29) is 0 Å². The van der Waals surface area contributed by atoms with Crippen molar-refractivity contribution in [2.24, 2.45) is 5.92 Å². The van der Waals surface area contributed by atoms with E-state index in [4.69, 9.17) is 4.98 Å². The third-order valence-corrected chi connectivity index (χ3v) is 6.40. The Hall–Kier alpha value is -2.10. The number of fused-ring (bicyclic) bond motifs is 1. The van der Waals surface area contributed by atoms with Gasteiger partial charge in [0.05, 0.1) is 5.52 Å². The number of hydrogen-bond acceptors (Lipinski definition) is 3. The molecule has 1 unspecified atom stereocenters. The van der Waals surface area contributed by atoms with Crippen LogP contribution in [-0.4, -0.2) is 42.0 Å². The first-order valence-electron chi connectivity index (χ1n) is 11.7. The lowest BCUT2D eigenvalue weighted by molar-refractivity contribution is -0.121. The lowest BCUT2D eigenvalue weighted by Gasteiger charge is -2.36. The predicted molar refractivity (Wildman–Crippen MR) is 122 cm³/mol. The number of rotatable bonds is 6. The van der Waals surface area contributed by atoms with Crippen molar-refractivity contribution in [2.45, 2.75) is 71.3 Å². The van der Waals surface area contributed by atoms with E-state index in [1.807, 2.05) is 13.8 Å². The number of carbonyl (C=O) groups excluding carboxylic acids is 1. The molecule has 0 radical (unpaired) electrons.